The van der Waals surface area contributed by atoms with Gasteiger partial charge in [-0.2, -0.15) is 0 Å². The van der Waals surface area contributed by atoms with E-state index in [-0.39, 0.29) is 11.3 Å². The van der Waals surface area contributed by atoms with Crippen molar-refractivity contribution in [3.8, 4) is 5.75 Å². The van der Waals surface area contributed by atoms with E-state index in [0.717, 1.165) is 6.07 Å². The fourth-order valence-corrected chi connectivity index (χ4v) is 1.53. The number of carboxylic acids is 1. The third kappa shape index (κ3) is 1.41. The summed E-state index contributed by atoms with van der Waals surface area (Å²) >= 11 is 0. The normalized spacial score (nSPS) is 10.5. The van der Waals surface area contributed by atoms with Crippen LogP contribution in [-0.4, -0.2) is 23.2 Å². The molecule has 0 unspecified atom stereocenters. The van der Waals surface area contributed by atoms with Gasteiger partial charge in [-0.15, -0.1) is 0 Å². The molecule has 0 bridgehead atoms. The first-order valence-corrected chi connectivity index (χ1v) is 4.21. The van der Waals surface area contributed by atoms with E-state index in [2.05, 4.69) is 4.98 Å². The second kappa shape index (κ2) is 3.27. The quantitative estimate of drug-likeness (QED) is 0.795. The second-order valence-corrected chi connectivity index (χ2v) is 3.04. The highest BCUT2D eigenvalue weighted by Gasteiger charge is 2.15. The molecular weight excluding hydrogens is 201 g/mol. The highest BCUT2D eigenvalue weighted by molar-refractivity contribution is 6.05. The Morgan fingerprint density at radius 1 is 1.53 bits per heavy atom. The number of hydrogen-bond acceptors (Lipinski definition) is 2. The minimum Gasteiger partial charge on any atom is -0.496 e. The molecule has 1 aromatic heterocycles. The van der Waals surface area contributed by atoms with Crippen LogP contribution in [0.5, 0.6) is 5.75 Å². The highest BCUT2D eigenvalue weighted by Crippen LogP contribution is 2.29. The topological polar surface area (TPSA) is 62.3 Å². The van der Waals surface area contributed by atoms with Gasteiger partial charge in [-0.05, 0) is 6.07 Å². The van der Waals surface area contributed by atoms with Crippen molar-refractivity contribution in [2.45, 2.75) is 0 Å². The number of fused-ring (bicyclic) bond motifs is 1. The van der Waals surface area contributed by atoms with Crippen LogP contribution in [0.3, 0.4) is 0 Å². The van der Waals surface area contributed by atoms with Gasteiger partial charge < -0.3 is 14.8 Å². The smallest absolute Gasteiger partial charge is 0.338 e. The SMILES string of the molecule is COc1cc(F)cc2[nH]cc(C(=O)O)c12. The maximum atomic E-state index is 13.0. The molecule has 0 radical (unpaired) electrons. The molecule has 4 nitrogen and oxygen atoms in total. The summed E-state index contributed by atoms with van der Waals surface area (Å²) in [4.78, 5) is 13.5. The van der Waals surface area contributed by atoms with E-state index in [0.29, 0.717) is 10.9 Å². The summed E-state index contributed by atoms with van der Waals surface area (Å²) in [6.45, 7) is 0. The van der Waals surface area contributed by atoms with Crippen molar-refractivity contribution in [1.82, 2.24) is 4.98 Å². The molecule has 1 heterocycles. The number of carbonyl (C=O) groups is 1. The summed E-state index contributed by atoms with van der Waals surface area (Å²) in [5.74, 6) is -1.34. The molecule has 0 aliphatic heterocycles. The van der Waals surface area contributed by atoms with Crippen LogP contribution in [0.15, 0.2) is 18.3 Å². The van der Waals surface area contributed by atoms with Crippen molar-refractivity contribution >= 4 is 16.9 Å². The van der Waals surface area contributed by atoms with E-state index in [1.165, 1.54) is 19.4 Å². The summed E-state index contributed by atoms with van der Waals surface area (Å²) in [6, 6.07) is 2.38. The zero-order valence-electron chi connectivity index (χ0n) is 7.87. The van der Waals surface area contributed by atoms with Crippen molar-refractivity contribution in [1.29, 1.82) is 0 Å². The predicted molar refractivity (Wildman–Crippen MR) is 51.8 cm³/mol. The molecule has 0 amide bonds. The lowest BCUT2D eigenvalue weighted by molar-refractivity contribution is 0.0699. The first-order chi connectivity index (χ1) is 7.13. The number of ether oxygens (including phenoxy) is 1. The van der Waals surface area contributed by atoms with Gasteiger partial charge in [0.2, 0.25) is 0 Å². The molecule has 5 heteroatoms. The molecule has 1 aromatic carbocycles. The first-order valence-electron chi connectivity index (χ1n) is 4.21. The number of nitrogens with one attached hydrogen (secondary N) is 1. The molecular formula is C10H8FNO3. The van der Waals surface area contributed by atoms with Crippen molar-refractivity contribution in [3.63, 3.8) is 0 Å². The lowest BCUT2D eigenvalue weighted by atomic mass is 10.1. The van der Waals surface area contributed by atoms with Crippen LogP contribution in [-0.2, 0) is 0 Å². The lowest BCUT2D eigenvalue weighted by Gasteiger charge is -2.02. The molecule has 0 saturated heterocycles. The molecule has 0 atom stereocenters. The molecule has 0 aliphatic rings. The molecule has 2 N–H and O–H groups in total. The fourth-order valence-electron chi connectivity index (χ4n) is 1.53. The van der Waals surface area contributed by atoms with Gasteiger partial charge >= 0.3 is 5.97 Å². The van der Waals surface area contributed by atoms with Gasteiger partial charge in [0.25, 0.3) is 0 Å². The number of hydrogen-bond donors (Lipinski definition) is 2. The zero-order chi connectivity index (χ0) is 11.0. The van der Waals surface area contributed by atoms with E-state index in [4.69, 9.17) is 9.84 Å². The molecule has 0 aliphatic carbocycles. The van der Waals surface area contributed by atoms with Crippen molar-refractivity contribution in [2.75, 3.05) is 7.11 Å². The molecule has 0 spiro atoms. The van der Waals surface area contributed by atoms with Crippen LogP contribution >= 0.6 is 0 Å². The monoisotopic (exact) mass is 209 g/mol. The van der Waals surface area contributed by atoms with Gasteiger partial charge in [0.1, 0.15) is 11.6 Å². The number of rotatable bonds is 2. The van der Waals surface area contributed by atoms with E-state index >= 15 is 0 Å². The largest absolute Gasteiger partial charge is 0.496 e. The molecule has 2 rings (SSSR count). The number of aromatic nitrogens is 1. The third-order valence-corrected chi connectivity index (χ3v) is 2.16. The summed E-state index contributed by atoms with van der Waals surface area (Å²) in [5, 5.41) is 9.27. The van der Waals surface area contributed by atoms with E-state index in [9.17, 15) is 9.18 Å². The van der Waals surface area contributed by atoms with Crippen molar-refractivity contribution < 1.29 is 19.0 Å². The van der Waals surface area contributed by atoms with Gasteiger partial charge in [-0.25, -0.2) is 9.18 Å². The summed E-state index contributed by atoms with van der Waals surface area (Å²) in [7, 11) is 1.37. The maximum Gasteiger partial charge on any atom is 0.338 e. The van der Waals surface area contributed by atoms with Crippen LogP contribution in [0, 0.1) is 5.82 Å². The average molecular weight is 209 g/mol. The number of benzene rings is 1. The third-order valence-electron chi connectivity index (χ3n) is 2.16. The highest BCUT2D eigenvalue weighted by atomic mass is 19.1. The van der Waals surface area contributed by atoms with Crippen molar-refractivity contribution in [3.05, 3.63) is 29.7 Å². The van der Waals surface area contributed by atoms with Crippen molar-refractivity contribution in [2.24, 2.45) is 0 Å². The Balaban J connectivity index is 2.83. The Morgan fingerprint density at radius 2 is 2.27 bits per heavy atom. The van der Waals surface area contributed by atoms with Crippen LogP contribution in [0.1, 0.15) is 10.4 Å². The number of methoxy groups -OCH3 is 1. The fraction of sp³-hybridized carbons (Fsp3) is 0.100. The maximum absolute atomic E-state index is 13.0. The number of halogens is 1. The molecule has 0 saturated carbocycles. The van der Waals surface area contributed by atoms with E-state index in [1.54, 1.807) is 0 Å². The molecule has 78 valence electrons. The van der Waals surface area contributed by atoms with Gasteiger partial charge in [-0.1, -0.05) is 0 Å². The predicted octanol–water partition coefficient (Wildman–Crippen LogP) is 2.01. The lowest BCUT2D eigenvalue weighted by Crippen LogP contribution is -1.95. The Labute approximate surface area is 84.3 Å². The number of aromatic amines is 1. The Hall–Kier alpha value is -2.04. The van der Waals surface area contributed by atoms with Crippen LogP contribution in [0.2, 0.25) is 0 Å². The summed E-state index contributed by atoms with van der Waals surface area (Å²) < 4.78 is 18.0. The standard InChI is InChI=1S/C10H8FNO3/c1-15-8-3-5(11)2-7-9(8)6(4-12-7)10(13)14/h2-4,12H,1H3,(H,13,14). The minimum absolute atomic E-state index is 0.0712. The minimum atomic E-state index is -1.08. The average Bonchev–Trinajstić information content (AvgIpc) is 2.59. The van der Waals surface area contributed by atoms with E-state index in [1.807, 2.05) is 0 Å². The van der Waals surface area contributed by atoms with Gasteiger partial charge in [-0.3, -0.25) is 0 Å². The number of H-pyrrole nitrogens is 1. The Bertz CT molecular complexity index is 533. The van der Waals surface area contributed by atoms with Gasteiger partial charge in [0, 0.05) is 12.3 Å². The first kappa shape index (κ1) is 9.51. The second-order valence-electron chi connectivity index (χ2n) is 3.04. The van der Waals surface area contributed by atoms with Crippen LogP contribution in [0.4, 0.5) is 4.39 Å². The molecule has 0 fully saturated rings. The zero-order valence-corrected chi connectivity index (χ0v) is 7.87. The molecule has 2 aromatic rings. The number of carboxylic acid groups (broad SMARTS) is 1. The Morgan fingerprint density at radius 3 is 2.87 bits per heavy atom. The van der Waals surface area contributed by atoms with Crippen LogP contribution < -0.4 is 4.74 Å². The Kier molecular flexibility index (Phi) is 2.07. The van der Waals surface area contributed by atoms with Gasteiger partial charge in [0.15, 0.2) is 0 Å². The van der Waals surface area contributed by atoms with Gasteiger partial charge in [0.05, 0.1) is 23.6 Å². The molecule has 15 heavy (non-hydrogen) atoms. The van der Waals surface area contributed by atoms with E-state index < -0.39 is 11.8 Å². The summed E-state index contributed by atoms with van der Waals surface area (Å²) in [5.41, 5.74) is 0.478. The number of aromatic carboxylic acids is 1. The van der Waals surface area contributed by atoms with Crippen LogP contribution in [0.25, 0.3) is 10.9 Å². The summed E-state index contributed by atoms with van der Waals surface area (Å²) in [6.07, 6.45) is 1.31.